The average Bonchev–Trinajstić information content (AvgIpc) is 2.57. The van der Waals surface area contributed by atoms with Gasteiger partial charge >= 0.3 is 0 Å². The van der Waals surface area contributed by atoms with Crippen LogP contribution >= 0.6 is 27.5 Å². The number of nitrogens with zero attached hydrogens (tertiary/aromatic N) is 2. The van der Waals surface area contributed by atoms with Crippen LogP contribution in [0, 0.1) is 12.7 Å². The summed E-state index contributed by atoms with van der Waals surface area (Å²) in [5, 5.41) is 4.71. The summed E-state index contributed by atoms with van der Waals surface area (Å²) in [5.74, 6) is -0.160. The maximum absolute atomic E-state index is 13.4. The molecule has 0 atom stereocenters. The molecule has 7 heteroatoms. The molecule has 1 aromatic heterocycles. The van der Waals surface area contributed by atoms with E-state index in [0.29, 0.717) is 20.9 Å². The summed E-state index contributed by atoms with van der Waals surface area (Å²) >= 11 is 9.16. The quantitative estimate of drug-likeness (QED) is 0.865. The van der Waals surface area contributed by atoms with Gasteiger partial charge in [0.2, 0.25) is 0 Å². The van der Waals surface area contributed by atoms with E-state index >= 15 is 0 Å². The first-order chi connectivity index (χ1) is 8.90. The minimum absolute atomic E-state index is 0.168. The fourth-order valence-corrected chi connectivity index (χ4v) is 2.23. The fraction of sp³-hybridized carbons (Fsp3) is 0.250. The predicted octanol–water partition coefficient (Wildman–Crippen LogP) is 3.44. The Morgan fingerprint density at radius 1 is 1.53 bits per heavy atom. The van der Waals surface area contributed by atoms with Gasteiger partial charge in [-0.3, -0.25) is 4.68 Å². The Labute approximate surface area is 123 Å². The van der Waals surface area contributed by atoms with E-state index in [4.69, 9.17) is 22.1 Å². The molecule has 0 aliphatic rings. The highest BCUT2D eigenvalue weighted by Gasteiger charge is 2.13. The molecule has 0 saturated heterocycles. The summed E-state index contributed by atoms with van der Waals surface area (Å²) in [7, 11) is 1.77. The Morgan fingerprint density at radius 3 is 2.79 bits per heavy atom. The number of halogens is 3. The molecule has 4 nitrogen and oxygen atoms in total. The number of ether oxygens (including phenoxy) is 1. The first-order valence-electron chi connectivity index (χ1n) is 5.45. The second-order valence-corrected chi connectivity index (χ2v) is 5.29. The second-order valence-electron chi connectivity index (χ2n) is 4.06. The molecule has 0 spiro atoms. The Hall–Kier alpha value is -1.27. The van der Waals surface area contributed by atoms with E-state index in [9.17, 15) is 4.39 Å². The summed E-state index contributed by atoms with van der Waals surface area (Å²) in [4.78, 5) is 0. The molecule has 19 heavy (non-hydrogen) atoms. The van der Waals surface area contributed by atoms with Gasteiger partial charge in [-0.25, -0.2) is 4.39 Å². The fourth-order valence-electron chi connectivity index (χ4n) is 1.65. The molecule has 0 saturated carbocycles. The second kappa shape index (κ2) is 5.38. The maximum Gasteiger partial charge on any atom is 0.145 e. The number of hydrogen-bond donors (Lipinski definition) is 1. The molecule has 0 radical (unpaired) electrons. The molecule has 2 N–H and O–H groups in total. The third-order valence-corrected chi connectivity index (χ3v) is 3.78. The Kier molecular flexibility index (Phi) is 4.01. The first-order valence-corrected chi connectivity index (χ1v) is 6.62. The number of aromatic nitrogens is 2. The Balaban J connectivity index is 2.21. The van der Waals surface area contributed by atoms with Crippen molar-refractivity contribution in [2.45, 2.75) is 13.5 Å². The van der Waals surface area contributed by atoms with Crippen LogP contribution in [0.3, 0.4) is 0 Å². The van der Waals surface area contributed by atoms with Gasteiger partial charge < -0.3 is 10.5 Å². The zero-order valence-electron chi connectivity index (χ0n) is 10.4. The van der Waals surface area contributed by atoms with Crippen molar-refractivity contribution in [2.75, 3.05) is 5.73 Å². The van der Waals surface area contributed by atoms with Gasteiger partial charge in [0.05, 0.1) is 26.6 Å². The van der Waals surface area contributed by atoms with Gasteiger partial charge in [-0.15, -0.1) is 0 Å². The monoisotopic (exact) mass is 347 g/mol. The summed E-state index contributed by atoms with van der Waals surface area (Å²) < 4.78 is 20.9. The van der Waals surface area contributed by atoms with Gasteiger partial charge in [0.25, 0.3) is 0 Å². The molecule has 102 valence electrons. The summed E-state index contributed by atoms with van der Waals surface area (Å²) in [5.41, 5.74) is 7.54. The molecule has 0 amide bonds. The highest BCUT2D eigenvalue weighted by Crippen LogP contribution is 2.29. The smallest absolute Gasteiger partial charge is 0.145 e. The lowest BCUT2D eigenvalue weighted by molar-refractivity contribution is 0.295. The molecule has 1 heterocycles. The number of rotatable bonds is 3. The van der Waals surface area contributed by atoms with Crippen LogP contribution in [0.25, 0.3) is 0 Å². The highest BCUT2D eigenvalue weighted by molar-refractivity contribution is 9.10. The molecule has 2 aromatic rings. The zero-order valence-corrected chi connectivity index (χ0v) is 12.7. The van der Waals surface area contributed by atoms with Crippen molar-refractivity contribution in [3.05, 3.63) is 38.8 Å². The molecule has 0 fully saturated rings. The molecule has 2 rings (SSSR count). The van der Waals surface area contributed by atoms with Crippen molar-refractivity contribution < 1.29 is 9.13 Å². The largest absolute Gasteiger partial charge is 0.485 e. The molecule has 1 aromatic carbocycles. The minimum atomic E-state index is -0.434. The van der Waals surface area contributed by atoms with Crippen LogP contribution in [-0.2, 0) is 13.7 Å². The van der Waals surface area contributed by atoms with Crippen LogP contribution in [0.2, 0.25) is 5.02 Å². The molecule has 0 aliphatic heterocycles. The van der Waals surface area contributed by atoms with Crippen LogP contribution in [-0.4, -0.2) is 9.78 Å². The van der Waals surface area contributed by atoms with Crippen molar-refractivity contribution >= 4 is 33.2 Å². The summed E-state index contributed by atoms with van der Waals surface area (Å²) in [6.45, 7) is 1.97. The number of hydrogen-bond acceptors (Lipinski definition) is 3. The summed E-state index contributed by atoms with van der Waals surface area (Å²) in [6.07, 6.45) is 0. The van der Waals surface area contributed by atoms with Crippen LogP contribution in [0.5, 0.6) is 5.75 Å². The van der Waals surface area contributed by atoms with Crippen molar-refractivity contribution in [3.8, 4) is 5.75 Å². The molecule has 0 bridgehead atoms. The molecular weight excluding hydrogens is 337 g/mol. The number of aryl methyl sites for hydroxylation is 2. The van der Waals surface area contributed by atoms with Gasteiger partial charge in [-0.1, -0.05) is 11.6 Å². The van der Waals surface area contributed by atoms with E-state index in [1.807, 2.05) is 0 Å². The lowest BCUT2D eigenvalue weighted by atomic mass is 10.3. The predicted molar refractivity (Wildman–Crippen MR) is 75.8 cm³/mol. The summed E-state index contributed by atoms with van der Waals surface area (Å²) in [6, 6.07) is 2.69. The van der Waals surface area contributed by atoms with E-state index in [-0.39, 0.29) is 12.4 Å². The Bertz CT molecular complexity index is 630. The zero-order chi connectivity index (χ0) is 14.2. The third-order valence-electron chi connectivity index (χ3n) is 2.68. The van der Waals surface area contributed by atoms with Crippen LogP contribution < -0.4 is 10.5 Å². The molecule has 0 aliphatic carbocycles. The number of nitrogens with two attached hydrogens (primary N) is 1. The van der Waals surface area contributed by atoms with Crippen LogP contribution in [0.15, 0.2) is 16.6 Å². The first kappa shape index (κ1) is 14.1. The van der Waals surface area contributed by atoms with Gasteiger partial charge in [0.1, 0.15) is 18.2 Å². The van der Waals surface area contributed by atoms with E-state index in [1.54, 1.807) is 18.7 Å². The van der Waals surface area contributed by atoms with Crippen LogP contribution in [0.1, 0.15) is 11.4 Å². The van der Waals surface area contributed by atoms with Crippen LogP contribution in [0.4, 0.5) is 10.1 Å². The topological polar surface area (TPSA) is 53.1 Å². The van der Waals surface area contributed by atoms with Crippen molar-refractivity contribution in [1.29, 1.82) is 0 Å². The normalized spacial score (nSPS) is 10.8. The van der Waals surface area contributed by atoms with Gasteiger partial charge in [0, 0.05) is 13.1 Å². The van der Waals surface area contributed by atoms with Gasteiger partial charge in [0.15, 0.2) is 0 Å². The lowest BCUT2D eigenvalue weighted by Crippen LogP contribution is -2.05. The minimum Gasteiger partial charge on any atom is -0.485 e. The lowest BCUT2D eigenvalue weighted by Gasteiger charge is -2.10. The number of benzene rings is 1. The van der Waals surface area contributed by atoms with Crippen molar-refractivity contribution in [1.82, 2.24) is 9.78 Å². The van der Waals surface area contributed by atoms with E-state index < -0.39 is 5.82 Å². The SMILES string of the molecule is Cc1nn(C)c(COc2cc(F)c(Br)cc2N)c1Cl. The van der Waals surface area contributed by atoms with Gasteiger partial charge in [-0.2, -0.15) is 5.10 Å². The highest BCUT2D eigenvalue weighted by atomic mass is 79.9. The standard InChI is InChI=1S/C12H12BrClFN3O/c1-6-12(14)10(18(2)17-6)5-19-11-4-8(15)7(13)3-9(11)16/h3-4H,5,16H2,1-2H3. The van der Waals surface area contributed by atoms with E-state index in [1.165, 1.54) is 12.1 Å². The Morgan fingerprint density at radius 2 is 2.21 bits per heavy atom. The molecular formula is C12H12BrClFN3O. The van der Waals surface area contributed by atoms with E-state index in [2.05, 4.69) is 21.0 Å². The number of anilines is 1. The van der Waals surface area contributed by atoms with Crippen molar-refractivity contribution in [3.63, 3.8) is 0 Å². The average molecular weight is 349 g/mol. The van der Waals surface area contributed by atoms with Gasteiger partial charge in [-0.05, 0) is 28.9 Å². The van der Waals surface area contributed by atoms with E-state index in [0.717, 1.165) is 5.69 Å². The number of nitrogen functional groups attached to an aromatic ring is 1. The molecule has 0 unspecified atom stereocenters. The third kappa shape index (κ3) is 2.84. The van der Waals surface area contributed by atoms with Crippen molar-refractivity contribution in [2.24, 2.45) is 7.05 Å². The maximum atomic E-state index is 13.4.